The van der Waals surface area contributed by atoms with Crippen LogP contribution in [-0.4, -0.2) is 11.1 Å². The topological polar surface area (TPSA) is 32.3 Å². The third-order valence-electron chi connectivity index (χ3n) is 5.45. The molecule has 0 heterocycles. The minimum atomic E-state index is 0.361. The standard InChI is InChI=1S/C22H37NO/c1-5-9-17(4)12-19-13-18(14-21(16(2)3)22(19)24)15-23-20-10-7-6-8-11-20/h13-14,16-17,20,23-24H,5-12,15H2,1-4H3. The summed E-state index contributed by atoms with van der Waals surface area (Å²) >= 11 is 0. The van der Waals surface area contributed by atoms with Gasteiger partial charge < -0.3 is 10.4 Å². The van der Waals surface area contributed by atoms with E-state index < -0.39 is 0 Å². The number of hydrogen-bond donors (Lipinski definition) is 2. The molecule has 1 fully saturated rings. The fourth-order valence-corrected chi connectivity index (χ4v) is 4.02. The van der Waals surface area contributed by atoms with Crippen molar-refractivity contribution in [3.63, 3.8) is 0 Å². The Balaban J connectivity index is 2.12. The van der Waals surface area contributed by atoms with Crippen LogP contribution in [0.4, 0.5) is 0 Å². The zero-order valence-electron chi connectivity index (χ0n) is 16.2. The zero-order valence-corrected chi connectivity index (χ0v) is 16.2. The Morgan fingerprint density at radius 1 is 1.12 bits per heavy atom. The van der Waals surface area contributed by atoms with Crippen molar-refractivity contribution in [3.05, 3.63) is 28.8 Å². The van der Waals surface area contributed by atoms with Crippen LogP contribution in [-0.2, 0) is 13.0 Å². The highest BCUT2D eigenvalue weighted by atomic mass is 16.3. The van der Waals surface area contributed by atoms with Gasteiger partial charge in [0.15, 0.2) is 0 Å². The molecule has 1 aliphatic carbocycles. The molecule has 1 aromatic carbocycles. The molecule has 0 saturated heterocycles. The van der Waals surface area contributed by atoms with Gasteiger partial charge in [0.25, 0.3) is 0 Å². The molecule has 0 aliphatic heterocycles. The maximum absolute atomic E-state index is 10.7. The fraction of sp³-hybridized carbons (Fsp3) is 0.727. The van der Waals surface area contributed by atoms with Crippen LogP contribution in [0.25, 0.3) is 0 Å². The summed E-state index contributed by atoms with van der Waals surface area (Å²) in [6, 6.07) is 5.13. The zero-order chi connectivity index (χ0) is 17.5. The third kappa shape index (κ3) is 5.51. The SMILES string of the molecule is CCCC(C)Cc1cc(CNC2CCCCC2)cc(C(C)C)c1O. The second-order valence-corrected chi connectivity index (χ2v) is 8.16. The van der Waals surface area contributed by atoms with E-state index in [0.29, 0.717) is 23.6 Å². The first-order valence-electron chi connectivity index (χ1n) is 10.1. The molecule has 24 heavy (non-hydrogen) atoms. The van der Waals surface area contributed by atoms with Gasteiger partial charge in [0.1, 0.15) is 5.75 Å². The highest BCUT2D eigenvalue weighted by molar-refractivity contribution is 5.45. The first-order valence-corrected chi connectivity index (χ1v) is 10.1. The van der Waals surface area contributed by atoms with E-state index in [1.807, 2.05) is 0 Å². The molecule has 2 N–H and O–H groups in total. The lowest BCUT2D eigenvalue weighted by Gasteiger charge is -2.24. The van der Waals surface area contributed by atoms with Crippen molar-refractivity contribution in [2.45, 2.75) is 97.6 Å². The van der Waals surface area contributed by atoms with E-state index in [2.05, 4.69) is 45.1 Å². The minimum absolute atomic E-state index is 0.361. The van der Waals surface area contributed by atoms with Crippen LogP contribution in [0, 0.1) is 5.92 Å². The van der Waals surface area contributed by atoms with E-state index >= 15 is 0 Å². The summed E-state index contributed by atoms with van der Waals surface area (Å²) in [4.78, 5) is 0. The summed E-state index contributed by atoms with van der Waals surface area (Å²) in [5.74, 6) is 1.52. The Morgan fingerprint density at radius 2 is 1.83 bits per heavy atom. The van der Waals surface area contributed by atoms with Crippen molar-refractivity contribution in [3.8, 4) is 5.75 Å². The van der Waals surface area contributed by atoms with Crippen LogP contribution in [0.5, 0.6) is 5.75 Å². The maximum atomic E-state index is 10.7. The van der Waals surface area contributed by atoms with E-state index in [9.17, 15) is 5.11 Å². The molecular weight excluding hydrogens is 294 g/mol. The number of phenolic OH excluding ortho intramolecular Hbond substituents is 1. The average molecular weight is 332 g/mol. The summed E-state index contributed by atoms with van der Waals surface area (Å²) in [6.07, 6.45) is 10.2. The van der Waals surface area contributed by atoms with Gasteiger partial charge in [-0.2, -0.15) is 0 Å². The molecule has 0 spiro atoms. The Bertz CT molecular complexity index is 503. The molecule has 0 aromatic heterocycles. The van der Waals surface area contributed by atoms with Crippen molar-refractivity contribution < 1.29 is 5.11 Å². The normalized spacial score (nSPS) is 17.4. The van der Waals surface area contributed by atoms with Crippen LogP contribution in [0.2, 0.25) is 0 Å². The van der Waals surface area contributed by atoms with E-state index in [1.54, 1.807) is 0 Å². The van der Waals surface area contributed by atoms with Crippen LogP contribution < -0.4 is 5.32 Å². The Labute approximate surface area is 149 Å². The molecule has 0 bridgehead atoms. The molecule has 2 nitrogen and oxygen atoms in total. The first kappa shape index (κ1) is 19.3. The van der Waals surface area contributed by atoms with Crippen molar-refractivity contribution >= 4 is 0 Å². The number of hydrogen-bond acceptors (Lipinski definition) is 2. The second kappa shape index (κ2) is 9.46. The van der Waals surface area contributed by atoms with Gasteiger partial charge in [-0.05, 0) is 47.8 Å². The lowest BCUT2D eigenvalue weighted by atomic mass is 9.90. The molecule has 136 valence electrons. The van der Waals surface area contributed by atoms with Crippen molar-refractivity contribution in [1.29, 1.82) is 0 Å². The number of rotatable bonds is 8. The molecule has 1 aliphatic rings. The first-order chi connectivity index (χ1) is 11.5. The number of phenols is 1. The quantitative estimate of drug-likeness (QED) is 0.620. The lowest BCUT2D eigenvalue weighted by molar-refractivity contribution is 0.372. The fourth-order valence-electron chi connectivity index (χ4n) is 4.02. The predicted octanol–water partition coefficient (Wildman–Crippen LogP) is 5.92. The largest absolute Gasteiger partial charge is 0.507 e. The molecular formula is C22H37NO. The molecule has 1 aromatic rings. The monoisotopic (exact) mass is 331 g/mol. The van der Waals surface area contributed by atoms with Crippen molar-refractivity contribution in [2.24, 2.45) is 5.92 Å². The Morgan fingerprint density at radius 3 is 2.46 bits per heavy atom. The highest BCUT2D eigenvalue weighted by Gasteiger charge is 2.16. The summed E-state index contributed by atoms with van der Waals surface area (Å²) in [6.45, 7) is 9.81. The number of benzene rings is 1. The van der Waals surface area contributed by atoms with Gasteiger partial charge in [-0.3, -0.25) is 0 Å². The van der Waals surface area contributed by atoms with Gasteiger partial charge in [0.05, 0.1) is 0 Å². The summed E-state index contributed by atoms with van der Waals surface area (Å²) in [5, 5.41) is 14.4. The molecule has 1 unspecified atom stereocenters. The summed E-state index contributed by atoms with van der Waals surface area (Å²) < 4.78 is 0. The lowest BCUT2D eigenvalue weighted by Crippen LogP contribution is -2.30. The van der Waals surface area contributed by atoms with Crippen LogP contribution >= 0.6 is 0 Å². The van der Waals surface area contributed by atoms with Gasteiger partial charge in [0, 0.05) is 12.6 Å². The van der Waals surface area contributed by atoms with Crippen LogP contribution in [0.1, 0.15) is 95.2 Å². The van der Waals surface area contributed by atoms with Gasteiger partial charge in [-0.25, -0.2) is 0 Å². The number of aromatic hydroxyl groups is 1. The Hall–Kier alpha value is -1.02. The summed E-state index contributed by atoms with van der Waals surface area (Å²) in [7, 11) is 0. The van der Waals surface area contributed by atoms with E-state index in [0.717, 1.165) is 24.1 Å². The van der Waals surface area contributed by atoms with Gasteiger partial charge in [0.2, 0.25) is 0 Å². The molecule has 2 rings (SSSR count). The molecule has 0 radical (unpaired) electrons. The van der Waals surface area contributed by atoms with Crippen molar-refractivity contribution in [2.75, 3.05) is 0 Å². The average Bonchev–Trinajstić information content (AvgIpc) is 2.56. The predicted molar refractivity (Wildman–Crippen MR) is 104 cm³/mol. The molecule has 2 heteroatoms. The highest BCUT2D eigenvalue weighted by Crippen LogP contribution is 2.33. The van der Waals surface area contributed by atoms with E-state index in [1.165, 1.54) is 50.5 Å². The van der Waals surface area contributed by atoms with Gasteiger partial charge >= 0.3 is 0 Å². The second-order valence-electron chi connectivity index (χ2n) is 8.16. The molecule has 0 amide bonds. The van der Waals surface area contributed by atoms with Crippen LogP contribution in [0.3, 0.4) is 0 Å². The van der Waals surface area contributed by atoms with Gasteiger partial charge in [-0.15, -0.1) is 0 Å². The maximum Gasteiger partial charge on any atom is 0.122 e. The summed E-state index contributed by atoms with van der Waals surface area (Å²) in [5.41, 5.74) is 3.58. The molecule has 1 saturated carbocycles. The van der Waals surface area contributed by atoms with Crippen LogP contribution in [0.15, 0.2) is 12.1 Å². The number of nitrogens with one attached hydrogen (secondary N) is 1. The minimum Gasteiger partial charge on any atom is -0.507 e. The molecule has 1 atom stereocenters. The van der Waals surface area contributed by atoms with Crippen molar-refractivity contribution in [1.82, 2.24) is 5.32 Å². The Kier molecular flexibility index (Phi) is 7.61. The third-order valence-corrected chi connectivity index (χ3v) is 5.45. The van der Waals surface area contributed by atoms with Gasteiger partial charge in [-0.1, -0.05) is 71.9 Å². The van der Waals surface area contributed by atoms with E-state index in [-0.39, 0.29) is 0 Å². The van der Waals surface area contributed by atoms with E-state index in [4.69, 9.17) is 0 Å². The smallest absolute Gasteiger partial charge is 0.122 e.